The van der Waals surface area contributed by atoms with E-state index in [1.807, 2.05) is 20.0 Å². The second-order valence-electron chi connectivity index (χ2n) is 13.1. The van der Waals surface area contributed by atoms with Gasteiger partial charge in [0.1, 0.15) is 0 Å². The summed E-state index contributed by atoms with van der Waals surface area (Å²) in [4.78, 5) is 27.9. The van der Waals surface area contributed by atoms with E-state index in [4.69, 9.17) is 9.47 Å². The molecular formula is C31H49N3O5. The molecule has 3 aliphatic heterocycles. The van der Waals surface area contributed by atoms with E-state index < -0.39 is 6.09 Å². The van der Waals surface area contributed by atoms with Crippen molar-refractivity contribution in [1.29, 1.82) is 0 Å². The maximum Gasteiger partial charge on any atom is 0.407 e. The average Bonchev–Trinajstić information content (AvgIpc) is 3.61. The van der Waals surface area contributed by atoms with Crippen LogP contribution in [0, 0.1) is 11.8 Å². The first kappa shape index (κ1) is 29.8. The Morgan fingerprint density at radius 3 is 2.54 bits per heavy atom. The first-order valence-electron chi connectivity index (χ1n) is 14.8. The zero-order valence-corrected chi connectivity index (χ0v) is 24.5. The Balaban J connectivity index is 1.17. The lowest BCUT2D eigenvalue weighted by atomic mass is 9.83. The van der Waals surface area contributed by atoms with Gasteiger partial charge in [-0.15, -0.1) is 0 Å². The van der Waals surface area contributed by atoms with E-state index in [0.29, 0.717) is 19.0 Å². The molecule has 4 rings (SSSR count). The second kappa shape index (κ2) is 12.6. The smallest absolute Gasteiger partial charge is 0.407 e. The van der Waals surface area contributed by atoms with Gasteiger partial charge in [0.05, 0.1) is 30.0 Å². The lowest BCUT2D eigenvalue weighted by Gasteiger charge is -2.40. The molecule has 0 aromatic rings. The monoisotopic (exact) mass is 543 g/mol. The highest BCUT2D eigenvalue weighted by Gasteiger charge is 2.53. The number of carbonyl (C=O) groups is 2. The Hall–Kier alpha value is -2.16. The molecule has 0 aromatic carbocycles. The fraction of sp³-hybridized carbons (Fsp3) is 0.742. The summed E-state index contributed by atoms with van der Waals surface area (Å²) >= 11 is 0. The number of carbonyl (C=O) groups excluding carboxylic acids is 1. The number of nitrogens with zero attached hydrogens (tertiary/aromatic N) is 2. The van der Waals surface area contributed by atoms with Crippen molar-refractivity contribution in [2.75, 3.05) is 33.3 Å². The lowest BCUT2D eigenvalue weighted by Crippen LogP contribution is -2.55. The van der Waals surface area contributed by atoms with Crippen molar-refractivity contribution in [2.24, 2.45) is 11.8 Å². The Labute approximate surface area is 234 Å². The van der Waals surface area contributed by atoms with Gasteiger partial charge >= 0.3 is 6.09 Å². The van der Waals surface area contributed by atoms with Gasteiger partial charge in [-0.1, -0.05) is 36.8 Å². The van der Waals surface area contributed by atoms with Gasteiger partial charge in [0, 0.05) is 38.5 Å². The van der Waals surface area contributed by atoms with Gasteiger partial charge in [0.25, 0.3) is 0 Å². The molecule has 0 bridgehead atoms. The molecule has 2 N–H and O–H groups in total. The largest absolute Gasteiger partial charge is 0.465 e. The van der Waals surface area contributed by atoms with Crippen LogP contribution in [0.1, 0.15) is 72.6 Å². The van der Waals surface area contributed by atoms with E-state index in [1.54, 1.807) is 6.08 Å². The van der Waals surface area contributed by atoms with Gasteiger partial charge in [-0.3, -0.25) is 4.79 Å². The maximum atomic E-state index is 12.6. The van der Waals surface area contributed by atoms with Gasteiger partial charge in [-0.25, -0.2) is 4.79 Å². The molecule has 3 saturated heterocycles. The summed E-state index contributed by atoms with van der Waals surface area (Å²) in [6.07, 6.45) is 16.6. The van der Waals surface area contributed by atoms with Crippen molar-refractivity contribution in [3.63, 3.8) is 0 Å². The first-order chi connectivity index (χ1) is 18.4. The molecule has 1 saturated carbocycles. The van der Waals surface area contributed by atoms with Gasteiger partial charge in [-0.05, 0) is 77.8 Å². The Bertz CT molecular complexity index is 955. The maximum absolute atomic E-state index is 12.6. The van der Waals surface area contributed by atoms with Crippen LogP contribution in [0.15, 0.2) is 36.0 Å². The van der Waals surface area contributed by atoms with E-state index in [-0.39, 0.29) is 41.2 Å². The van der Waals surface area contributed by atoms with Crippen LogP contribution in [0.25, 0.3) is 0 Å². The summed E-state index contributed by atoms with van der Waals surface area (Å²) in [7, 11) is 2.00. The fourth-order valence-corrected chi connectivity index (χ4v) is 6.62. The SMILES string of the molecule is CC(/C=C/[C@@H]1C[C@]2(CO2)CC(C)(C)O1)=C\CC1CCC(NC(=O)/C=C/C(C)[C@H]2CN(C)CCN2C(=O)O)CC1. The number of rotatable bonds is 8. The molecule has 1 aliphatic carbocycles. The molecule has 1 unspecified atom stereocenters. The number of ether oxygens (including phenoxy) is 2. The number of allylic oxidation sites excluding steroid dienone is 3. The predicted molar refractivity (Wildman–Crippen MR) is 153 cm³/mol. The topological polar surface area (TPSA) is 94.6 Å². The van der Waals surface area contributed by atoms with Crippen molar-refractivity contribution in [1.82, 2.24) is 15.1 Å². The van der Waals surface area contributed by atoms with Crippen LogP contribution in [0.4, 0.5) is 4.79 Å². The van der Waals surface area contributed by atoms with E-state index in [1.165, 1.54) is 10.5 Å². The third kappa shape index (κ3) is 8.66. The minimum absolute atomic E-state index is 0.0336. The molecule has 8 nitrogen and oxygen atoms in total. The number of amides is 2. The van der Waals surface area contributed by atoms with Gasteiger partial charge in [0.15, 0.2) is 0 Å². The highest BCUT2D eigenvalue weighted by Crippen LogP contribution is 2.46. The molecule has 4 atom stereocenters. The number of nitrogens with one attached hydrogen (secondary N) is 1. The lowest BCUT2D eigenvalue weighted by molar-refractivity contribution is -0.117. The van der Waals surface area contributed by atoms with E-state index >= 15 is 0 Å². The zero-order valence-electron chi connectivity index (χ0n) is 24.5. The predicted octanol–water partition coefficient (Wildman–Crippen LogP) is 4.77. The molecule has 0 aromatic heterocycles. The average molecular weight is 544 g/mol. The highest BCUT2D eigenvalue weighted by atomic mass is 16.6. The molecular weight excluding hydrogens is 494 g/mol. The van der Waals surface area contributed by atoms with E-state index in [2.05, 4.69) is 49.2 Å². The molecule has 2 amide bonds. The minimum atomic E-state index is -0.889. The van der Waals surface area contributed by atoms with Crippen LogP contribution >= 0.6 is 0 Å². The van der Waals surface area contributed by atoms with Crippen molar-refractivity contribution in [3.8, 4) is 0 Å². The second-order valence-corrected chi connectivity index (χ2v) is 13.1. The van der Waals surface area contributed by atoms with Gasteiger partial charge < -0.3 is 29.7 Å². The molecule has 1 spiro atoms. The molecule has 218 valence electrons. The summed E-state index contributed by atoms with van der Waals surface area (Å²) in [5.74, 6) is 0.535. The molecule has 3 heterocycles. The van der Waals surface area contributed by atoms with Crippen LogP contribution in [0.3, 0.4) is 0 Å². The van der Waals surface area contributed by atoms with Crippen LogP contribution in [0.5, 0.6) is 0 Å². The number of carboxylic acid groups (broad SMARTS) is 1. The van der Waals surface area contributed by atoms with Crippen molar-refractivity contribution in [3.05, 3.63) is 36.0 Å². The third-order valence-electron chi connectivity index (χ3n) is 8.91. The van der Waals surface area contributed by atoms with Crippen LogP contribution in [-0.4, -0.2) is 89.6 Å². The Kier molecular flexibility index (Phi) is 9.61. The van der Waals surface area contributed by atoms with Crippen LogP contribution in [-0.2, 0) is 14.3 Å². The normalized spacial score (nSPS) is 34.5. The van der Waals surface area contributed by atoms with Crippen molar-refractivity contribution >= 4 is 12.0 Å². The van der Waals surface area contributed by atoms with E-state index in [0.717, 1.165) is 58.1 Å². The van der Waals surface area contributed by atoms with Crippen molar-refractivity contribution in [2.45, 2.75) is 102 Å². The van der Waals surface area contributed by atoms with Crippen LogP contribution < -0.4 is 5.32 Å². The first-order valence-corrected chi connectivity index (χ1v) is 14.8. The summed E-state index contributed by atoms with van der Waals surface area (Å²) in [5.41, 5.74) is 1.18. The summed E-state index contributed by atoms with van der Waals surface area (Å²) in [5, 5.41) is 12.7. The van der Waals surface area contributed by atoms with Gasteiger partial charge in [-0.2, -0.15) is 0 Å². The molecule has 0 radical (unpaired) electrons. The summed E-state index contributed by atoms with van der Waals surface area (Å²) in [6.45, 7) is 11.2. The molecule has 4 aliphatic rings. The number of piperazine rings is 1. The number of likely N-dealkylation sites (N-methyl/N-ethyl adjacent to an activating group) is 1. The number of hydrogen-bond donors (Lipinski definition) is 2. The summed E-state index contributed by atoms with van der Waals surface area (Å²) < 4.78 is 12.0. The van der Waals surface area contributed by atoms with E-state index in [9.17, 15) is 14.7 Å². The summed E-state index contributed by atoms with van der Waals surface area (Å²) in [6, 6.07) is 0.0664. The number of epoxide rings is 1. The number of hydrogen-bond acceptors (Lipinski definition) is 5. The third-order valence-corrected chi connectivity index (χ3v) is 8.91. The Morgan fingerprint density at radius 1 is 1.15 bits per heavy atom. The molecule has 8 heteroatoms. The fourth-order valence-electron chi connectivity index (χ4n) is 6.62. The quantitative estimate of drug-likeness (QED) is 0.260. The zero-order chi connectivity index (χ0) is 28.2. The van der Waals surface area contributed by atoms with Crippen LogP contribution in [0.2, 0.25) is 0 Å². The molecule has 4 fully saturated rings. The molecule has 39 heavy (non-hydrogen) atoms. The highest BCUT2D eigenvalue weighted by molar-refractivity contribution is 5.87. The van der Waals surface area contributed by atoms with Crippen molar-refractivity contribution < 1.29 is 24.2 Å². The minimum Gasteiger partial charge on any atom is -0.465 e. The standard InChI is InChI=1S/C31H49N3O5/c1-22(7-14-26-18-31(21-38-31)20-30(3,4)39-26)6-9-24-10-12-25(13-11-24)32-28(35)15-8-23(2)27-19-33(5)16-17-34(27)29(36)37/h6-8,14-15,23-27H,9-13,16-21H2,1-5H3,(H,32,35)(H,36,37)/b14-7+,15-8+,22-6+/t23?,24?,25?,26-,27-,31-/m1/s1. The Morgan fingerprint density at radius 2 is 1.87 bits per heavy atom. The van der Waals surface area contributed by atoms with Gasteiger partial charge in [0.2, 0.25) is 5.91 Å².